The standard InChI is InChI=1S/C12H16FN/c13-8-12(9-3-1-4-9)10-5-2-6-11(14)7-10/h2,5-7,9,12H,1,3-4,8,14H2. The first kappa shape index (κ1) is 9.50. The van der Waals surface area contributed by atoms with Crippen LogP contribution in [0.3, 0.4) is 0 Å². The molecule has 1 fully saturated rings. The molecule has 0 aromatic heterocycles. The Morgan fingerprint density at radius 1 is 1.43 bits per heavy atom. The van der Waals surface area contributed by atoms with Gasteiger partial charge in [-0.15, -0.1) is 0 Å². The van der Waals surface area contributed by atoms with Gasteiger partial charge in [-0.25, -0.2) is 0 Å². The van der Waals surface area contributed by atoms with Gasteiger partial charge in [0.25, 0.3) is 0 Å². The van der Waals surface area contributed by atoms with E-state index in [1.54, 1.807) is 0 Å². The molecule has 1 aliphatic carbocycles. The van der Waals surface area contributed by atoms with Crippen molar-refractivity contribution in [3.63, 3.8) is 0 Å². The van der Waals surface area contributed by atoms with E-state index < -0.39 is 0 Å². The number of nitrogens with two attached hydrogens (primary N) is 1. The number of hydrogen-bond donors (Lipinski definition) is 1. The van der Waals surface area contributed by atoms with E-state index in [0.29, 0.717) is 5.92 Å². The first-order chi connectivity index (χ1) is 6.81. The SMILES string of the molecule is Nc1cccc(C(CF)C2CCC2)c1. The van der Waals surface area contributed by atoms with Crippen molar-refractivity contribution in [3.8, 4) is 0 Å². The fourth-order valence-electron chi connectivity index (χ4n) is 2.12. The maximum atomic E-state index is 12.9. The van der Waals surface area contributed by atoms with E-state index in [9.17, 15) is 4.39 Å². The molecule has 0 bridgehead atoms. The second-order valence-corrected chi connectivity index (χ2v) is 4.12. The van der Waals surface area contributed by atoms with Gasteiger partial charge in [0.2, 0.25) is 0 Å². The molecule has 1 atom stereocenters. The lowest BCUT2D eigenvalue weighted by Gasteiger charge is -2.32. The summed E-state index contributed by atoms with van der Waals surface area (Å²) in [6, 6.07) is 7.65. The monoisotopic (exact) mass is 193 g/mol. The van der Waals surface area contributed by atoms with Crippen LogP contribution in [-0.4, -0.2) is 6.67 Å². The Hall–Kier alpha value is -1.05. The van der Waals surface area contributed by atoms with Crippen LogP contribution in [0.15, 0.2) is 24.3 Å². The van der Waals surface area contributed by atoms with Crippen molar-refractivity contribution in [2.45, 2.75) is 25.2 Å². The predicted octanol–water partition coefficient (Wildman–Crippen LogP) is 3.12. The summed E-state index contributed by atoms with van der Waals surface area (Å²) < 4.78 is 12.9. The maximum Gasteiger partial charge on any atom is 0.0965 e. The summed E-state index contributed by atoms with van der Waals surface area (Å²) in [6.07, 6.45) is 3.59. The molecule has 2 N–H and O–H groups in total. The van der Waals surface area contributed by atoms with Crippen molar-refractivity contribution in [2.75, 3.05) is 12.4 Å². The fourth-order valence-corrected chi connectivity index (χ4v) is 2.12. The Labute approximate surface area is 84.1 Å². The van der Waals surface area contributed by atoms with Crippen LogP contribution < -0.4 is 5.73 Å². The highest BCUT2D eigenvalue weighted by Gasteiger charge is 2.28. The third kappa shape index (κ3) is 1.74. The van der Waals surface area contributed by atoms with E-state index in [-0.39, 0.29) is 12.6 Å². The maximum absolute atomic E-state index is 12.9. The Kier molecular flexibility index (Phi) is 2.71. The zero-order valence-electron chi connectivity index (χ0n) is 8.25. The van der Waals surface area contributed by atoms with Crippen LogP contribution in [0.2, 0.25) is 0 Å². The van der Waals surface area contributed by atoms with Crippen LogP contribution in [0, 0.1) is 5.92 Å². The topological polar surface area (TPSA) is 26.0 Å². The second kappa shape index (κ2) is 3.99. The number of hydrogen-bond acceptors (Lipinski definition) is 1. The molecule has 0 radical (unpaired) electrons. The average Bonchev–Trinajstić information content (AvgIpc) is 2.10. The number of halogens is 1. The summed E-state index contributed by atoms with van der Waals surface area (Å²) in [6.45, 7) is -0.256. The molecule has 0 heterocycles. The smallest absolute Gasteiger partial charge is 0.0965 e. The molecular weight excluding hydrogens is 177 g/mol. The van der Waals surface area contributed by atoms with E-state index in [0.717, 1.165) is 11.3 Å². The first-order valence-corrected chi connectivity index (χ1v) is 5.22. The summed E-state index contributed by atoms with van der Waals surface area (Å²) in [5, 5.41) is 0. The number of alkyl halides is 1. The van der Waals surface area contributed by atoms with Crippen LogP contribution in [0.1, 0.15) is 30.7 Å². The van der Waals surface area contributed by atoms with Gasteiger partial charge in [0.15, 0.2) is 0 Å². The van der Waals surface area contributed by atoms with Crippen molar-refractivity contribution >= 4 is 5.69 Å². The summed E-state index contributed by atoms with van der Waals surface area (Å²) in [4.78, 5) is 0. The van der Waals surface area contributed by atoms with E-state index in [1.807, 2.05) is 24.3 Å². The number of anilines is 1. The lowest BCUT2D eigenvalue weighted by molar-refractivity contribution is 0.227. The van der Waals surface area contributed by atoms with Gasteiger partial charge in [-0.05, 0) is 36.5 Å². The van der Waals surface area contributed by atoms with Gasteiger partial charge in [0.05, 0.1) is 6.67 Å². The zero-order valence-corrected chi connectivity index (χ0v) is 8.25. The van der Waals surface area contributed by atoms with E-state index in [4.69, 9.17) is 5.73 Å². The Bertz CT molecular complexity index is 307. The molecule has 0 amide bonds. The number of benzene rings is 1. The largest absolute Gasteiger partial charge is 0.399 e. The Morgan fingerprint density at radius 2 is 2.21 bits per heavy atom. The van der Waals surface area contributed by atoms with Crippen molar-refractivity contribution in [3.05, 3.63) is 29.8 Å². The molecule has 2 heteroatoms. The van der Waals surface area contributed by atoms with Crippen molar-refractivity contribution in [1.82, 2.24) is 0 Å². The Balaban J connectivity index is 2.17. The lowest BCUT2D eigenvalue weighted by Crippen LogP contribution is -2.21. The van der Waals surface area contributed by atoms with Gasteiger partial charge in [-0.1, -0.05) is 18.6 Å². The molecule has 14 heavy (non-hydrogen) atoms. The highest BCUT2D eigenvalue weighted by atomic mass is 19.1. The molecule has 76 valence electrons. The minimum atomic E-state index is -0.256. The molecule has 1 nitrogen and oxygen atoms in total. The van der Waals surface area contributed by atoms with Crippen LogP contribution in [0.5, 0.6) is 0 Å². The van der Waals surface area contributed by atoms with Crippen LogP contribution in [0.4, 0.5) is 10.1 Å². The molecule has 1 aromatic carbocycles. The highest BCUT2D eigenvalue weighted by molar-refractivity contribution is 5.42. The number of rotatable bonds is 3. The van der Waals surface area contributed by atoms with E-state index >= 15 is 0 Å². The van der Waals surface area contributed by atoms with Gasteiger partial charge in [-0.2, -0.15) is 0 Å². The highest BCUT2D eigenvalue weighted by Crippen LogP contribution is 2.39. The second-order valence-electron chi connectivity index (χ2n) is 4.12. The summed E-state index contributed by atoms with van der Waals surface area (Å²) in [7, 11) is 0. The van der Waals surface area contributed by atoms with Crippen molar-refractivity contribution in [1.29, 1.82) is 0 Å². The van der Waals surface area contributed by atoms with Gasteiger partial charge in [0.1, 0.15) is 0 Å². The van der Waals surface area contributed by atoms with Gasteiger partial charge in [0, 0.05) is 11.6 Å². The van der Waals surface area contributed by atoms with Crippen molar-refractivity contribution in [2.24, 2.45) is 5.92 Å². The summed E-state index contributed by atoms with van der Waals surface area (Å²) in [5.41, 5.74) is 7.49. The normalized spacial score (nSPS) is 18.9. The molecule has 0 spiro atoms. The van der Waals surface area contributed by atoms with E-state index in [1.165, 1.54) is 19.3 Å². The number of nitrogen functional groups attached to an aromatic ring is 1. The van der Waals surface area contributed by atoms with Crippen LogP contribution >= 0.6 is 0 Å². The zero-order chi connectivity index (χ0) is 9.97. The molecule has 1 unspecified atom stereocenters. The summed E-state index contributed by atoms with van der Waals surface area (Å²) in [5.74, 6) is 0.619. The van der Waals surface area contributed by atoms with Crippen LogP contribution in [-0.2, 0) is 0 Å². The average molecular weight is 193 g/mol. The molecule has 2 rings (SSSR count). The molecule has 1 aromatic rings. The van der Waals surface area contributed by atoms with Gasteiger partial charge >= 0.3 is 0 Å². The van der Waals surface area contributed by atoms with Gasteiger partial charge < -0.3 is 5.73 Å². The minimum Gasteiger partial charge on any atom is -0.399 e. The first-order valence-electron chi connectivity index (χ1n) is 5.22. The fraction of sp³-hybridized carbons (Fsp3) is 0.500. The van der Waals surface area contributed by atoms with Crippen molar-refractivity contribution < 1.29 is 4.39 Å². The third-order valence-electron chi connectivity index (χ3n) is 3.22. The minimum absolute atomic E-state index is 0.0762. The third-order valence-corrected chi connectivity index (χ3v) is 3.22. The summed E-state index contributed by atoms with van der Waals surface area (Å²) >= 11 is 0. The predicted molar refractivity (Wildman–Crippen MR) is 56.9 cm³/mol. The molecule has 1 saturated carbocycles. The molecular formula is C12H16FN. The van der Waals surface area contributed by atoms with E-state index in [2.05, 4.69) is 0 Å². The Morgan fingerprint density at radius 3 is 2.71 bits per heavy atom. The molecule has 0 saturated heterocycles. The van der Waals surface area contributed by atoms with Gasteiger partial charge in [-0.3, -0.25) is 4.39 Å². The van der Waals surface area contributed by atoms with Crippen LogP contribution in [0.25, 0.3) is 0 Å². The quantitative estimate of drug-likeness (QED) is 0.733. The molecule has 1 aliphatic rings. The molecule has 0 aliphatic heterocycles. The lowest BCUT2D eigenvalue weighted by atomic mass is 9.73.